The van der Waals surface area contributed by atoms with Crippen molar-refractivity contribution in [1.29, 1.82) is 0 Å². The van der Waals surface area contributed by atoms with Crippen molar-refractivity contribution in [1.82, 2.24) is 14.5 Å². The van der Waals surface area contributed by atoms with Gasteiger partial charge in [-0.05, 0) is 24.6 Å². The van der Waals surface area contributed by atoms with Crippen molar-refractivity contribution in [2.24, 2.45) is 5.73 Å². The largest absolute Gasteiger partial charge is 0.330 e. The molecule has 0 aliphatic carbocycles. The number of aromatic nitrogens is 3. The van der Waals surface area contributed by atoms with Gasteiger partial charge in [0, 0.05) is 30.9 Å². The van der Waals surface area contributed by atoms with Crippen molar-refractivity contribution < 1.29 is 0 Å². The molecule has 2 N–H and O–H groups in total. The van der Waals surface area contributed by atoms with Crippen molar-refractivity contribution in [3.63, 3.8) is 0 Å². The quantitative estimate of drug-likeness (QED) is 0.811. The van der Waals surface area contributed by atoms with Gasteiger partial charge in [-0.3, -0.25) is 4.98 Å². The Hall–Kier alpha value is -1.68. The summed E-state index contributed by atoms with van der Waals surface area (Å²) < 4.78 is 2.26. The first-order chi connectivity index (χ1) is 7.90. The highest BCUT2D eigenvalue weighted by molar-refractivity contribution is 5.64. The monoisotopic (exact) mass is 214 g/mol. The Balaban J connectivity index is 2.12. The lowest BCUT2D eigenvalue weighted by molar-refractivity contribution is 0.640. The van der Waals surface area contributed by atoms with E-state index in [2.05, 4.69) is 20.6 Å². The topological polar surface area (TPSA) is 56.7 Å². The van der Waals surface area contributed by atoms with Gasteiger partial charge in [0.2, 0.25) is 0 Å². The maximum Gasteiger partial charge on any atom is 0.110 e. The van der Waals surface area contributed by atoms with Gasteiger partial charge >= 0.3 is 0 Å². The highest BCUT2D eigenvalue weighted by Gasteiger charge is 2.18. The molecule has 0 saturated heterocycles. The molecule has 0 bridgehead atoms. The van der Waals surface area contributed by atoms with E-state index in [4.69, 9.17) is 5.73 Å². The van der Waals surface area contributed by atoms with Gasteiger partial charge in [0.1, 0.15) is 5.82 Å². The molecule has 3 heterocycles. The third-order valence-electron chi connectivity index (χ3n) is 3.10. The van der Waals surface area contributed by atoms with Gasteiger partial charge < -0.3 is 10.3 Å². The molecule has 0 radical (unpaired) electrons. The Morgan fingerprint density at radius 2 is 2.31 bits per heavy atom. The molecule has 1 aliphatic heterocycles. The van der Waals surface area contributed by atoms with Crippen molar-refractivity contribution in [2.75, 3.05) is 6.54 Å². The number of aryl methyl sites for hydroxylation is 1. The van der Waals surface area contributed by atoms with Crippen LogP contribution in [0.3, 0.4) is 0 Å². The number of imidazole rings is 1. The number of nitrogens with zero attached hydrogens (tertiary/aromatic N) is 3. The molecule has 1 aliphatic rings. The highest BCUT2D eigenvalue weighted by Crippen LogP contribution is 2.29. The molecule has 0 fully saturated rings. The minimum absolute atomic E-state index is 0.649. The van der Waals surface area contributed by atoms with Crippen molar-refractivity contribution >= 4 is 0 Å². The molecular formula is C12H14N4. The fraction of sp³-hybridized carbons (Fsp3) is 0.333. The molecule has 0 saturated carbocycles. The summed E-state index contributed by atoms with van der Waals surface area (Å²) in [5.74, 6) is 1.09. The Kier molecular flexibility index (Phi) is 2.22. The zero-order chi connectivity index (χ0) is 11.0. The summed E-state index contributed by atoms with van der Waals surface area (Å²) in [6.07, 6.45) is 7.61. The minimum atomic E-state index is 0.649. The molecule has 82 valence electrons. The second kappa shape index (κ2) is 3.72. The lowest BCUT2D eigenvalue weighted by atomic mass is 10.0. The summed E-state index contributed by atoms with van der Waals surface area (Å²) in [5, 5.41) is 0. The number of hydrogen-bond acceptors (Lipinski definition) is 3. The van der Waals surface area contributed by atoms with Gasteiger partial charge in [0.15, 0.2) is 0 Å². The number of rotatable bonds is 2. The van der Waals surface area contributed by atoms with Crippen molar-refractivity contribution in [2.45, 2.75) is 19.4 Å². The first-order valence-corrected chi connectivity index (χ1v) is 5.58. The molecule has 0 atom stereocenters. The van der Waals surface area contributed by atoms with Crippen LogP contribution in [-0.2, 0) is 19.4 Å². The first kappa shape index (κ1) is 9.54. The van der Waals surface area contributed by atoms with E-state index in [9.17, 15) is 0 Å². The fourth-order valence-corrected chi connectivity index (χ4v) is 2.31. The van der Waals surface area contributed by atoms with Crippen LogP contribution in [0.15, 0.2) is 24.7 Å². The van der Waals surface area contributed by atoms with E-state index in [1.54, 1.807) is 0 Å². The second-order valence-electron chi connectivity index (χ2n) is 4.03. The zero-order valence-electron chi connectivity index (χ0n) is 9.06. The predicted molar refractivity (Wildman–Crippen MR) is 61.9 cm³/mol. The van der Waals surface area contributed by atoms with Crippen molar-refractivity contribution in [3.05, 3.63) is 36.0 Å². The summed E-state index contributed by atoms with van der Waals surface area (Å²) in [6.45, 7) is 1.65. The van der Waals surface area contributed by atoms with E-state index in [0.29, 0.717) is 6.54 Å². The Morgan fingerprint density at radius 3 is 3.19 bits per heavy atom. The third-order valence-corrected chi connectivity index (χ3v) is 3.10. The Bertz CT molecular complexity index is 515. The predicted octanol–water partition coefficient (Wildman–Crippen LogP) is 1.00. The van der Waals surface area contributed by atoms with Gasteiger partial charge in [-0.1, -0.05) is 0 Å². The second-order valence-corrected chi connectivity index (χ2v) is 4.03. The summed E-state index contributed by atoms with van der Waals surface area (Å²) in [5.41, 5.74) is 9.34. The number of nitrogens with two attached hydrogens (primary N) is 1. The molecule has 2 aromatic heterocycles. The molecule has 0 aromatic carbocycles. The standard InChI is InChI=1S/C12H14N4/c13-4-1-12-15-8-11-10-7-14-5-2-9(10)3-6-16(11)12/h2,5,7-8H,1,3-4,6,13H2. The molecule has 4 heteroatoms. The van der Waals surface area contributed by atoms with E-state index in [0.717, 1.165) is 25.2 Å². The van der Waals surface area contributed by atoms with E-state index in [1.807, 2.05) is 18.6 Å². The van der Waals surface area contributed by atoms with Crippen LogP contribution in [0.25, 0.3) is 11.3 Å². The van der Waals surface area contributed by atoms with Crippen LogP contribution >= 0.6 is 0 Å². The summed E-state index contributed by atoms with van der Waals surface area (Å²) in [6, 6.07) is 2.09. The van der Waals surface area contributed by atoms with Crippen LogP contribution in [-0.4, -0.2) is 21.1 Å². The summed E-state index contributed by atoms with van der Waals surface area (Å²) in [7, 11) is 0. The number of pyridine rings is 1. The average Bonchev–Trinajstić information content (AvgIpc) is 2.73. The lowest BCUT2D eigenvalue weighted by Gasteiger charge is -2.19. The van der Waals surface area contributed by atoms with Gasteiger partial charge in [0.05, 0.1) is 11.9 Å². The molecule has 0 amide bonds. The average molecular weight is 214 g/mol. The molecule has 0 unspecified atom stereocenters. The molecule has 3 rings (SSSR count). The van der Waals surface area contributed by atoms with Gasteiger partial charge in [-0.2, -0.15) is 0 Å². The molecular weight excluding hydrogens is 200 g/mol. The van der Waals surface area contributed by atoms with Gasteiger partial charge in [-0.25, -0.2) is 4.98 Å². The van der Waals surface area contributed by atoms with E-state index < -0.39 is 0 Å². The highest BCUT2D eigenvalue weighted by atomic mass is 15.1. The SMILES string of the molecule is NCCc1ncc2n1CCc1ccncc1-2. The molecule has 0 spiro atoms. The summed E-state index contributed by atoms with van der Waals surface area (Å²) in [4.78, 5) is 8.63. The van der Waals surface area contributed by atoms with Gasteiger partial charge in [0.25, 0.3) is 0 Å². The van der Waals surface area contributed by atoms with E-state index in [-0.39, 0.29) is 0 Å². The fourth-order valence-electron chi connectivity index (χ4n) is 2.31. The third kappa shape index (κ3) is 1.34. The first-order valence-electron chi connectivity index (χ1n) is 5.58. The number of fused-ring (bicyclic) bond motifs is 3. The lowest BCUT2D eigenvalue weighted by Crippen LogP contribution is -2.15. The van der Waals surface area contributed by atoms with Crippen LogP contribution in [0.5, 0.6) is 0 Å². The maximum atomic E-state index is 5.58. The van der Waals surface area contributed by atoms with Crippen LogP contribution in [0.4, 0.5) is 0 Å². The maximum absolute atomic E-state index is 5.58. The smallest absolute Gasteiger partial charge is 0.110 e. The molecule has 4 nitrogen and oxygen atoms in total. The Labute approximate surface area is 94.1 Å². The van der Waals surface area contributed by atoms with E-state index >= 15 is 0 Å². The molecule has 2 aromatic rings. The Morgan fingerprint density at radius 1 is 1.38 bits per heavy atom. The van der Waals surface area contributed by atoms with Crippen LogP contribution in [0, 0.1) is 0 Å². The summed E-state index contributed by atoms with van der Waals surface area (Å²) >= 11 is 0. The zero-order valence-corrected chi connectivity index (χ0v) is 9.06. The van der Waals surface area contributed by atoms with Crippen molar-refractivity contribution in [3.8, 4) is 11.3 Å². The van der Waals surface area contributed by atoms with Crippen LogP contribution < -0.4 is 5.73 Å². The minimum Gasteiger partial charge on any atom is -0.330 e. The van der Waals surface area contributed by atoms with Crippen LogP contribution in [0.2, 0.25) is 0 Å². The number of hydrogen-bond donors (Lipinski definition) is 1. The van der Waals surface area contributed by atoms with E-state index in [1.165, 1.54) is 16.8 Å². The van der Waals surface area contributed by atoms with Crippen LogP contribution in [0.1, 0.15) is 11.4 Å². The molecule has 16 heavy (non-hydrogen) atoms. The van der Waals surface area contributed by atoms with Gasteiger partial charge in [-0.15, -0.1) is 0 Å². The normalized spacial score (nSPS) is 13.3.